The number of hydrogen-bond donors (Lipinski definition) is 1. The van der Waals surface area contributed by atoms with Crippen molar-refractivity contribution in [2.75, 3.05) is 7.05 Å². The maximum Gasteiger partial charge on any atom is 0.222 e. The van der Waals surface area contributed by atoms with Crippen molar-refractivity contribution in [1.82, 2.24) is 15.1 Å². The summed E-state index contributed by atoms with van der Waals surface area (Å²) >= 11 is 0. The number of carbonyl (C=O) groups is 1. The molecule has 0 aliphatic rings. The number of aromatic nitrogens is 2. The summed E-state index contributed by atoms with van der Waals surface area (Å²) in [6.45, 7) is 2.48. The molecule has 4 heteroatoms. The molecule has 0 aromatic carbocycles. The molecule has 0 unspecified atom stereocenters. The topological polar surface area (TPSA) is 49.0 Å². The molecule has 12 heavy (non-hydrogen) atoms. The van der Waals surface area contributed by atoms with E-state index in [-0.39, 0.29) is 5.91 Å². The number of carbonyl (C=O) groups excluding carboxylic acids is 1. The normalized spacial score (nSPS) is 9.83. The Kier molecular flexibility index (Phi) is 2.85. The van der Waals surface area contributed by atoms with Crippen molar-refractivity contribution in [3.05, 3.63) is 18.0 Å². The summed E-state index contributed by atoms with van der Waals surface area (Å²) in [4.78, 5) is 12.8. The van der Waals surface area contributed by atoms with Crippen molar-refractivity contribution >= 4 is 5.91 Å². The molecule has 0 radical (unpaired) electrons. The van der Waals surface area contributed by atoms with Gasteiger partial charge in [0.25, 0.3) is 0 Å². The lowest BCUT2D eigenvalue weighted by Crippen LogP contribution is -2.24. The maximum absolute atomic E-state index is 11.1. The van der Waals surface area contributed by atoms with E-state index in [2.05, 4.69) is 10.2 Å². The molecule has 0 bridgehead atoms. The summed E-state index contributed by atoms with van der Waals surface area (Å²) in [6, 6.07) is 0. The van der Waals surface area contributed by atoms with Gasteiger partial charge in [0.2, 0.25) is 5.91 Å². The molecule has 1 aromatic rings. The van der Waals surface area contributed by atoms with Gasteiger partial charge in [0.1, 0.15) is 0 Å². The van der Waals surface area contributed by atoms with Gasteiger partial charge in [-0.2, -0.15) is 5.10 Å². The van der Waals surface area contributed by atoms with Gasteiger partial charge < -0.3 is 4.90 Å². The fraction of sp³-hybridized carbons (Fsp3) is 0.500. The van der Waals surface area contributed by atoms with E-state index >= 15 is 0 Å². The lowest BCUT2D eigenvalue weighted by molar-refractivity contribution is -0.130. The third-order valence-corrected chi connectivity index (χ3v) is 1.70. The maximum atomic E-state index is 11.1. The van der Waals surface area contributed by atoms with Crippen LogP contribution in [-0.4, -0.2) is 28.1 Å². The van der Waals surface area contributed by atoms with Crippen LogP contribution in [0.3, 0.4) is 0 Å². The summed E-state index contributed by atoms with van der Waals surface area (Å²) in [6.07, 6.45) is 4.06. The predicted octanol–water partition coefficient (Wildman–Crippen LogP) is 0.778. The smallest absolute Gasteiger partial charge is 0.222 e. The molecule has 1 amide bonds. The van der Waals surface area contributed by atoms with Crippen molar-refractivity contribution in [3.63, 3.8) is 0 Å². The highest BCUT2D eigenvalue weighted by Gasteiger charge is 2.06. The molecule has 0 saturated carbocycles. The molecule has 66 valence electrons. The van der Waals surface area contributed by atoms with E-state index in [4.69, 9.17) is 0 Å². The fourth-order valence-corrected chi connectivity index (χ4v) is 0.996. The first-order valence-electron chi connectivity index (χ1n) is 3.95. The van der Waals surface area contributed by atoms with Gasteiger partial charge in [-0.25, -0.2) is 0 Å². The average Bonchev–Trinajstić information content (AvgIpc) is 2.55. The Balaban J connectivity index is 2.47. The molecule has 1 heterocycles. The molecule has 0 aliphatic heterocycles. The zero-order chi connectivity index (χ0) is 8.97. The van der Waals surface area contributed by atoms with Crippen molar-refractivity contribution < 1.29 is 4.79 Å². The summed E-state index contributed by atoms with van der Waals surface area (Å²) in [5, 5.41) is 6.50. The van der Waals surface area contributed by atoms with Crippen LogP contribution in [-0.2, 0) is 11.3 Å². The number of rotatable bonds is 3. The zero-order valence-electron chi connectivity index (χ0n) is 7.37. The van der Waals surface area contributed by atoms with E-state index in [9.17, 15) is 4.79 Å². The lowest BCUT2D eigenvalue weighted by atomic mass is 10.3. The summed E-state index contributed by atoms with van der Waals surface area (Å²) < 4.78 is 0. The first-order valence-corrected chi connectivity index (χ1v) is 3.95. The molecular formula is C8H13N3O. The summed E-state index contributed by atoms with van der Waals surface area (Å²) in [5.74, 6) is 0.149. The molecule has 1 aromatic heterocycles. The molecular weight excluding hydrogens is 154 g/mol. The van der Waals surface area contributed by atoms with Gasteiger partial charge in [-0.15, -0.1) is 0 Å². The Morgan fingerprint density at radius 3 is 3.00 bits per heavy atom. The van der Waals surface area contributed by atoms with Crippen LogP contribution >= 0.6 is 0 Å². The Morgan fingerprint density at radius 2 is 2.50 bits per heavy atom. The monoisotopic (exact) mass is 167 g/mol. The minimum atomic E-state index is 0.149. The number of amides is 1. The Bertz CT molecular complexity index is 243. The number of H-pyrrole nitrogens is 1. The summed E-state index contributed by atoms with van der Waals surface area (Å²) in [5.41, 5.74) is 1.03. The second kappa shape index (κ2) is 3.90. The van der Waals surface area contributed by atoms with E-state index in [0.717, 1.165) is 5.56 Å². The van der Waals surface area contributed by atoms with Crippen LogP contribution in [0.4, 0.5) is 0 Å². The molecule has 0 saturated heterocycles. The SMILES string of the molecule is CCC(=O)N(C)Cc1cn[nH]c1. The minimum absolute atomic E-state index is 0.149. The van der Waals surface area contributed by atoms with Crippen LogP contribution in [0, 0.1) is 0 Å². The van der Waals surface area contributed by atoms with Crippen LogP contribution in [0.15, 0.2) is 12.4 Å². The van der Waals surface area contributed by atoms with Crippen LogP contribution in [0.2, 0.25) is 0 Å². The number of nitrogens with one attached hydrogen (secondary N) is 1. The second-order valence-corrected chi connectivity index (χ2v) is 2.71. The van der Waals surface area contributed by atoms with Gasteiger partial charge in [0.05, 0.1) is 6.20 Å². The Morgan fingerprint density at radius 1 is 1.75 bits per heavy atom. The lowest BCUT2D eigenvalue weighted by Gasteiger charge is -2.14. The van der Waals surface area contributed by atoms with E-state index in [1.165, 1.54) is 0 Å². The Labute approximate surface area is 71.6 Å². The van der Waals surface area contributed by atoms with E-state index < -0.39 is 0 Å². The average molecular weight is 167 g/mol. The Hall–Kier alpha value is -1.32. The van der Waals surface area contributed by atoms with Crippen LogP contribution < -0.4 is 0 Å². The largest absolute Gasteiger partial charge is 0.341 e. The highest BCUT2D eigenvalue weighted by atomic mass is 16.2. The predicted molar refractivity (Wildman–Crippen MR) is 45.4 cm³/mol. The van der Waals surface area contributed by atoms with E-state index in [1.807, 2.05) is 6.92 Å². The molecule has 0 fully saturated rings. The standard InChI is InChI=1S/C8H13N3O/c1-3-8(12)11(2)6-7-4-9-10-5-7/h4-5H,3,6H2,1-2H3,(H,9,10). The molecule has 1 rings (SSSR count). The minimum Gasteiger partial charge on any atom is -0.341 e. The van der Waals surface area contributed by atoms with Gasteiger partial charge in [-0.1, -0.05) is 6.92 Å². The highest BCUT2D eigenvalue weighted by molar-refractivity contribution is 5.75. The second-order valence-electron chi connectivity index (χ2n) is 2.71. The van der Waals surface area contributed by atoms with E-state index in [1.54, 1.807) is 24.3 Å². The quantitative estimate of drug-likeness (QED) is 0.723. The van der Waals surface area contributed by atoms with Gasteiger partial charge in [-0.3, -0.25) is 9.89 Å². The van der Waals surface area contributed by atoms with E-state index in [0.29, 0.717) is 13.0 Å². The first-order chi connectivity index (χ1) is 5.74. The molecule has 4 nitrogen and oxygen atoms in total. The van der Waals surface area contributed by atoms with Gasteiger partial charge in [-0.05, 0) is 0 Å². The fourth-order valence-electron chi connectivity index (χ4n) is 0.996. The third kappa shape index (κ3) is 2.08. The number of hydrogen-bond acceptors (Lipinski definition) is 2. The number of aromatic amines is 1. The molecule has 0 atom stereocenters. The van der Waals surface area contributed by atoms with Gasteiger partial charge in [0, 0.05) is 31.8 Å². The van der Waals surface area contributed by atoms with Crippen molar-refractivity contribution in [3.8, 4) is 0 Å². The third-order valence-electron chi connectivity index (χ3n) is 1.70. The highest BCUT2D eigenvalue weighted by Crippen LogP contribution is 2.00. The van der Waals surface area contributed by atoms with Crippen molar-refractivity contribution in [1.29, 1.82) is 0 Å². The van der Waals surface area contributed by atoms with Crippen molar-refractivity contribution in [2.45, 2.75) is 19.9 Å². The van der Waals surface area contributed by atoms with Crippen LogP contribution in [0.25, 0.3) is 0 Å². The zero-order valence-corrected chi connectivity index (χ0v) is 7.37. The van der Waals surface area contributed by atoms with Gasteiger partial charge in [0.15, 0.2) is 0 Å². The molecule has 0 spiro atoms. The van der Waals surface area contributed by atoms with Crippen LogP contribution in [0.5, 0.6) is 0 Å². The molecule has 0 aliphatic carbocycles. The first kappa shape index (κ1) is 8.77. The van der Waals surface area contributed by atoms with Crippen LogP contribution in [0.1, 0.15) is 18.9 Å². The number of nitrogens with zero attached hydrogens (tertiary/aromatic N) is 2. The molecule has 1 N–H and O–H groups in total. The summed E-state index contributed by atoms with van der Waals surface area (Å²) in [7, 11) is 1.79. The van der Waals surface area contributed by atoms with Gasteiger partial charge >= 0.3 is 0 Å². The van der Waals surface area contributed by atoms with Crippen molar-refractivity contribution in [2.24, 2.45) is 0 Å².